The third kappa shape index (κ3) is 5.50. The quantitative estimate of drug-likeness (QED) is 0.623. The lowest BCUT2D eigenvalue weighted by Gasteiger charge is -2.33. The normalized spacial score (nSPS) is 22.6. The molecule has 0 saturated carbocycles. The van der Waals surface area contributed by atoms with Crippen LogP contribution in [0.4, 0.5) is 5.69 Å². The summed E-state index contributed by atoms with van der Waals surface area (Å²) in [6.07, 6.45) is 1.07. The van der Waals surface area contributed by atoms with Gasteiger partial charge >= 0.3 is 0 Å². The van der Waals surface area contributed by atoms with E-state index in [1.165, 1.54) is 10.5 Å². The van der Waals surface area contributed by atoms with Crippen LogP contribution in [-0.4, -0.2) is 57.8 Å². The second-order valence-corrected chi connectivity index (χ2v) is 8.69. The number of quaternary nitrogens is 2. The van der Waals surface area contributed by atoms with Gasteiger partial charge in [-0.25, -0.2) is 0 Å². The molecule has 0 aromatic heterocycles. The van der Waals surface area contributed by atoms with Crippen LogP contribution in [0.2, 0.25) is 5.02 Å². The molecule has 2 fully saturated rings. The zero-order chi connectivity index (χ0) is 20.1. The number of para-hydroxylation sites is 1. The summed E-state index contributed by atoms with van der Waals surface area (Å²) in [4.78, 5) is 17.8. The highest BCUT2D eigenvalue weighted by Crippen LogP contribution is 2.24. The van der Waals surface area contributed by atoms with Crippen molar-refractivity contribution in [1.82, 2.24) is 5.32 Å². The Morgan fingerprint density at radius 2 is 1.72 bits per heavy atom. The Morgan fingerprint density at radius 1 is 1.00 bits per heavy atom. The van der Waals surface area contributed by atoms with Gasteiger partial charge in [0.05, 0.1) is 56.0 Å². The lowest BCUT2D eigenvalue weighted by Crippen LogP contribution is -3.16. The second-order valence-electron chi connectivity index (χ2n) is 8.28. The Bertz CT molecular complexity index is 808. The van der Waals surface area contributed by atoms with E-state index in [1.54, 1.807) is 4.90 Å². The van der Waals surface area contributed by atoms with Gasteiger partial charge in [-0.1, -0.05) is 54.1 Å². The summed E-state index contributed by atoms with van der Waals surface area (Å²) in [6.45, 7) is 7.57. The molecule has 154 valence electrons. The number of hydrogen-bond acceptors (Lipinski definition) is 2. The molecule has 2 aliphatic rings. The summed E-state index contributed by atoms with van der Waals surface area (Å²) in [5.74, 6) is 0.192. The first-order valence-electron chi connectivity index (χ1n) is 10.7. The van der Waals surface area contributed by atoms with E-state index in [-0.39, 0.29) is 5.91 Å². The van der Waals surface area contributed by atoms with Crippen LogP contribution in [0.5, 0.6) is 0 Å². The van der Waals surface area contributed by atoms with Gasteiger partial charge in [0.15, 0.2) is 6.54 Å². The van der Waals surface area contributed by atoms with E-state index in [1.807, 2.05) is 18.2 Å². The second kappa shape index (κ2) is 9.61. The van der Waals surface area contributed by atoms with Crippen LogP contribution in [0.25, 0.3) is 0 Å². The van der Waals surface area contributed by atoms with Gasteiger partial charge in [-0.05, 0) is 12.1 Å². The first-order valence-corrected chi connectivity index (χ1v) is 11.0. The minimum Gasteiger partial charge on any atom is -0.359 e. The van der Waals surface area contributed by atoms with Crippen molar-refractivity contribution in [2.24, 2.45) is 0 Å². The topological polar surface area (TPSA) is 41.2 Å². The summed E-state index contributed by atoms with van der Waals surface area (Å²) < 4.78 is 0. The number of carbonyl (C=O) groups is 1. The minimum absolute atomic E-state index is 0.192. The van der Waals surface area contributed by atoms with Gasteiger partial charge in [0, 0.05) is 12.0 Å². The van der Waals surface area contributed by atoms with E-state index in [9.17, 15) is 4.79 Å². The van der Waals surface area contributed by atoms with E-state index in [2.05, 4.69) is 46.6 Å². The highest BCUT2D eigenvalue weighted by Gasteiger charge is 2.29. The summed E-state index contributed by atoms with van der Waals surface area (Å²) in [6, 6.07) is 18.9. The third-order valence-electron chi connectivity index (χ3n) is 6.12. The molecule has 2 atom stereocenters. The van der Waals surface area contributed by atoms with Gasteiger partial charge in [-0.3, -0.25) is 4.79 Å². The highest BCUT2D eigenvalue weighted by atomic mass is 35.5. The molecule has 1 unspecified atom stereocenters. The molecular formula is C23H31ClN4O+2. The first-order chi connectivity index (χ1) is 14.2. The molecule has 5 nitrogen and oxygen atoms in total. The van der Waals surface area contributed by atoms with Gasteiger partial charge in [-0.2, -0.15) is 0 Å². The van der Waals surface area contributed by atoms with Crippen LogP contribution < -0.4 is 20.0 Å². The molecule has 2 saturated heterocycles. The molecule has 29 heavy (non-hydrogen) atoms. The molecule has 0 aliphatic carbocycles. The van der Waals surface area contributed by atoms with Crippen LogP contribution in [0.1, 0.15) is 12.0 Å². The van der Waals surface area contributed by atoms with Crippen LogP contribution >= 0.6 is 11.6 Å². The number of nitrogens with zero attached hydrogens (tertiary/aromatic N) is 1. The number of nitrogens with one attached hydrogen (secondary N) is 3. The predicted octanol–water partition coefficient (Wildman–Crippen LogP) is 0.0185. The molecule has 3 N–H and O–H groups in total. The third-order valence-corrected chi connectivity index (χ3v) is 6.44. The summed E-state index contributed by atoms with van der Waals surface area (Å²) in [5.41, 5.74) is 2.47. The molecule has 6 heteroatoms. The van der Waals surface area contributed by atoms with Crippen molar-refractivity contribution in [3.8, 4) is 0 Å². The number of carbonyl (C=O) groups excluding carboxylic acids is 1. The standard InChI is InChI=1S/C23H29ClN4O/c24-21-8-4-5-9-22(21)28-14-12-26(13-15-28)18-23(29)25-20-10-11-27(17-20)16-19-6-2-1-3-7-19/h1-9,20H,10-18H2,(H,25,29)/p+2/t20-/m0/s1. The van der Waals surface area contributed by atoms with Gasteiger partial charge < -0.3 is 20.0 Å². The van der Waals surface area contributed by atoms with Crippen LogP contribution in [0, 0.1) is 0 Å². The first kappa shape index (κ1) is 20.2. The number of halogens is 1. The summed E-state index contributed by atoms with van der Waals surface area (Å²) in [7, 11) is 0. The number of rotatable bonds is 6. The van der Waals surface area contributed by atoms with Gasteiger partial charge in [0.1, 0.15) is 6.54 Å². The smallest absolute Gasteiger partial charge is 0.275 e. The average molecular weight is 415 g/mol. The number of hydrogen-bond donors (Lipinski definition) is 3. The average Bonchev–Trinajstić information content (AvgIpc) is 3.16. The van der Waals surface area contributed by atoms with Crippen molar-refractivity contribution < 1.29 is 14.6 Å². The van der Waals surface area contributed by atoms with E-state index in [0.717, 1.165) is 62.9 Å². The van der Waals surface area contributed by atoms with E-state index < -0.39 is 0 Å². The SMILES string of the molecule is O=C(C[NH+]1CCN(c2ccccc2Cl)CC1)N[C@H]1CC[NH+](Cc2ccccc2)C1. The Kier molecular flexibility index (Phi) is 6.70. The van der Waals surface area contributed by atoms with Crippen molar-refractivity contribution in [2.45, 2.75) is 19.0 Å². The monoisotopic (exact) mass is 414 g/mol. The van der Waals surface area contributed by atoms with Crippen LogP contribution in [-0.2, 0) is 11.3 Å². The molecule has 0 bridgehead atoms. The predicted molar refractivity (Wildman–Crippen MR) is 117 cm³/mol. The number of amides is 1. The zero-order valence-corrected chi connectivity index (χ0v) is 17.6. The molecule has 0 radical (unpaired) electrons. The van der Waals surface area contributed by atoms with Crippen molar-refractivity contribution in [3.63, 3.8) is 0 Å². The fraction of sp³-hybridized carbons (Fsp3) is 0.435. The molecule has 1 amide bonds. The molecule has 2 aromatic carbocycles. The van der Waals surface area contributed by atoms with Gasteiger partial charge in [0.25, 0.3) is 5.91 Å². The van der Waals surface area contributed by atoms with Gasteiger partial charge in [0.2, 0.25) is 0 Å². The van der Waals surface area contributed by atoms with Crippen molar-refractivity contribution in [2.75, 3.05) is 50.7 Å². The number of anilines is 1. The van der Waals surface area contributed by atoms with E-state index in [0.29, 0.717) is 12.6 Å². The van der Waals surface area contributed by atoms with Crippen molar-refractivity contribution in [3.05, 3.63) is 65.2 Å². The zero-order valence-electron chi connectivity index (χ0n) is 16.9. The molecule has 2 aromatic rings. The van der Waals surface area contributed by atoms with E-state index >= 15 is 0 Å². The van der Waals surface area contributed by atoms with Crippen LogP contribution in [0.3, 0.4) is 0 Å². The summed E-state index contributed by atoms with van der Waals surface area (Å²) in [5, 5.41) is 4.08. The van der Waals surface area contributed by atoms with Crippen molar-refractivity contribution >= 4 is 23.2 Å². The Hall–Kier alpha value is -2.08. The maximum absolute atomic E-state index is 12.6. The number of benzene rings is 2. The molecular weight excluding hydrogens is 384 g/mol. The number of likely N-dealkylation sites (tertiary alicyclic amines) is 1. The Balaban J connectivity index is 1.19. The maximum Gasteiger partial charge on any atom is 0.275 e. The molecule has 4 rings (SSSR count). The molecule has 2 aliphatic heterocycles. The largest absolute Gasteiger partial charge is 0.359 e. The Labute approximate surface area is 178 Å². The fourth-order valence-electron chi connectivity index (χ4n) is 4.55. The minimum atomic E-state index is 0.192. The fourth-order valence-corrected chi connectivity index (χ4v) is 4.81. The lowest BCUT2D eigenvalue weighted by atomic mass is 10.2. The van der Waals surface area contributed by atoms with Gasteiger partial charge in [-0.15, -0.1) is 0 Å². The highest BCUT2D eigenvalue weighted by molar-refractivity contribution is 6.33. The van der Waals surface area contributed by atoms with Crippen molar-refractivity contribution in [1.29, 1.82) is 0 Å². The van der Waals surface area contributed by atoms with Crippen LogP contribution in [0.15, 0.2) is 54.6 Å². The maximum atomic E-state index is 12.6. The molecule has 0 spiro atoms. The van der Waals surface area contributed by atoms with E-state index in [4.69, 9.17) is 11.6 Å². The number of piperazine rings is 1. The Morgan fingerprint density at radius 3 is 2.48 bits per heavy atom. The lowest BCUT2D eigenvalue weighted by molar-refractivity contribution is -0.901. The summed E-state index contributed by atoms with van der Waals surface area (Å²) >= 11 is 6.32. The molecule has 2 heterocycles.